The molecule has 1 heterocycles. The Balaban J connectivity index is 1.93. The fourth-order valence-electron chi connectivity index (χ4n) is 1.92. The topological polar surface area (TPSA) is 49.8 Å². The number of hydrogen-bond acceptors (Lipinski definition) is 2. The molecule has 0 unspecified atom stereocenters. The molecule has 2 rings (SSSR count). The zero-order valence-electron chi connectivity index (χ0n) is 9.60. The number of likely N-dealkylation sites (tertiary alicyclic amines) is 1. The van der Waals surface area contributed by atoms with Gasteiger partial charge in [0.2, 0.25) is 0 Å². The molecule has 1 aliphatic rings. The van der Waals surface area contributed by atoms with Crippen molar-refractivity contribution in [2.24, 2.45) is 0 Å². The maximum Gasteiger partial charge on any atom is 0.407 e. The van der Waals surface area contributed by atoms with E-state index in [9.17, 15) is 4.79 Å². The number of rotatable bonds is 2. The molecule has 18 heavy (non-hydrogen) atoms. The Hall–Kier alpha value is -1.13. The monoisotopic (exact) mass is 289 g/mol. The summed E-state index contributed by atoms with van der Waals surface area (Å²) in [6.45, 7) is 0.983. The fourth-order valence-corrected chi connectivity index (χ4v) is 2.37. The second-order valence-electron chi connectivity index (χ2n) is 4.16. The van der Waals surface area contributed by atoms with Gasteiger partial charge in [0.15, 0.2) is 0 Å². The molecule has 1 N–H and O–H groups in total. The maximum absolute atomic E-state index is 10.8. The lowest BCUT2D eigenvalue weighted by Crippen LogP contribution is -2.41. The quantitative estimate of drug-likeness (QED) is 0.906. The lowest BCUT2D eigenvalue weighted by Gasteiger charge is -2.30. The van der Waals surface area contributed by atoms with E-state index in [2.05, 4.69) is 0 Å². The van der Waals surface area contributed by atoms with Gasteiger partial charge in [0, 0.05) is 31.0 Å². The Morgan fingerprint density at radius 2 is 2.00 bits per heavy atom. The van der Waals surface area contributed by atoms with Crippen LogP contribution in [0.4, 0.5) is 4.79 Å². The van der Waals surface area contributed by atoms with E-state index >= 15 is 0 Å². The van der Waals surface area contributed by atoms with Gasteiger partial charge >= 0.3 is 6.09 Å². The number of amides is 1. The predicted molar refractivity (Wildman–Crippen MR) is 69.7 cm³/mol. The van der Waals surface area contributed by atoms with Crippen molar-refractivity contribution in [1.82, 2.24) is 4.90 Å². The Morgan fingerprint density at radius 1 is 1.33 bits per heavy atom. The average Bonchev–Trinajstić information content (AvgIpc) is 2.33. The molecule has 6 heteroatoms. The first-order valence-corrected chi connectivity index (χ1v) is 6.41. The summed E-state index contributed by atoms with van der Waals surface area (Å²) in [5, 5.41) is 9.88. The molecule has 0 saturated carbocycles. The molecule has 98 valence electrons. The molecule has 1 saturated heterocycles. The van der Waals surface area contributed by atoms with Crippen LogP contribution in [0, 0.1) is 0 Å². The fraction of sp³-hybridized carbons (Fsp3) is 0.417. The summed E-state index contributed by atoms with van der Waals surface area (Å²) in [6.07, 6.45) is 0.466. The third-order valence-electron chi connectivity index (χ3n) is 2.90. The van der Waals surface area contributed by atoms with Crippen molar-refractivity contribution in [2.45, 2.75) is 18.9 Å². The molecule has 0 atom stereocenters. The first-order chi connectivity index (χ1) is 8.56. The molecule has 1 aromatic rings. The minimum atomic E-state index is -0.877. The van der Waals surface area contributed by atoms with Crippen molar-refractivity contribution in [3.8, 4) is 5.75 Å². The zero-order chi connectivity index (χ0) is 13.1. The maximum atomic E-state index is 10.8. The van der Waals surface area contributed by atoms with Gasteiger partial charge in [-0.25, -0.2) is 4.79 Å². The standard InChI is InChI=1S/C12H13Cl2NO3/c13-8-1-2-11(10(14)7-8)18-9-3-5-15(6-4-9)12(16)17/h1-2,7,9H,3-6H2,(H,16,17). The van der Waals surface area contributed by atoms with Crippen LogP contribution in [0.25, 0.3) is 0 Å². The highest BCUT2D eigenvalue weighted by atomic mass is 35.5. The number of halogens is 2. The highest BCUT2D eigenvalue weighted by Crippen LogP contribution is 2.29. The van der Waals surface area contributed by atoms with E-state index in [-0.39, 0.29) is 6.10 Å². The van der Waals surface area contributed by atoms with Gasteiger partial charge in [-0.2, -0.15) is 0 Å². The molecule has 1 fully saturated rings. The average molecular weight is 290 g/mol. The Bertz CT molecular complexity index is 445. The van der Waals surface area contributed by atoms with Gasteiger partial charge in [-0.3, -0.25) is 0 Å². The molecule has 0 aliphatic carbocycles. The molecule has 1 aliphatic heterocycles. The molecule has 0 spiro atoms. The summed E-state index contributed by atoms with van der Waals surface area (Å²) in [6, 6.07) is 5.08. The predicted octanol–water partition coefficient (Wildman–Crippen LogP) is 3.51. The van der Waals surface area contributed by atoms with Crippen LogP contribution in [-0.2, 0) is 0 Å². The van der Waals surface area contributed by atoms with Crippen LogP contribution < -0.4 is 4.74 Å². The lowest BCUT2D eigenvalue weighted by molar-refractivity contribution is 0.0895. The van der Waals surface area contributed by atoms with Crippen molar-refractivity contribution in [2.75, 3.05) is 13.1 Å². The molecule has 0 aromatic heterocycles. The normalized spacial score (nSPS) is 16.7. The van der Waals surface area contributed by atoms with Crippen LogP contribution in [0.1, 0.15) is 12.8 Å². The van der Waals surface area contributed by atoms with E-state index in [1.54, 1.807) is 18.2 Å². The second-order valence-corrected chi connectivity index (χ2v) is 5.01. The second kappa shape index (κ2) is 5.67. The van der Waals surface area contributed by atoms with Gasteiger partial charge in [-0.1, -0.05) is 23.2 Å². The summed E-state index contributed by atoms with van der Waals surface area (Å²) in [5.74, 6) is 0.592. The number of piperidine rings is 1. The zero-order valence-corrected chi connectivity index (χ0v) is 11.1. The first-order valence-electron chi connectivity index (χ1n) is 5.66. The molecule has 0 radical (unpaired) electrons. The van der Waals surface area contributed by atoms with Crippen LogP contribution in [0.5, 0.6) is 5.75 Å². The summed E-state index contributed by atoms with van der Waals surface area (Å²) in [5.41, 5.74) is 0. The van der Waals surface area contributed by atoms with Crippen molar-refractivity contribution in [1.29, 1.82) is 0 Å². The lowest BCUT2D eigenvalue weighted by atomic mass is 10.1. The third kappa shape index (κ3) is 3.21. The summed E-state index contributed by atoms with van der Waals surface area (Å²) >= 11 is 11.8. The minimum Gasteiger partial charge on any atom is -0.489 e. The van der Waals surface area contributed by atoms with Crippen molar-refractivity contribution < 1.29 is 14.6 Å². The van der Waals surface area contributed by atoms with E-state index in [1.165, 1.54) is 4.90 Å². The van der Waals surface area contributed by atoms with E-state index in [0.29, 0.717) is 41.7 Å². The van der Waals surface area contributed by atoms with Gasteiger partial charge in [-0.05, 0) is 18.2 Å². The Labute approximate surface area is 115 Å². The highest BCUT2D eigenvalue weighted by molar-refractivity contribution is 6.35. The third-order valence-corrected chi connectivity index (χ3v) is 3.43. The molecular weight excluding hydrogens is 277 g/mol. The van der Waals surface area contributed by atoms with Crippen LogP contribution in [0.2, 0.25) is 10.0 Å². The first kappa shape index (κ1) is 13.3. The molecule has 1 amide bonds. The molecular formula is C12H13Cl2NO3. The van der Waals surface area contributed by atoms with Gasteiger partial charge < -0.3 is 14.7 Å². The van der Waals surface area contributed by atoms with E-state index in [1.807, 2.05) is 0 Å². The Kier molecular flexibility index (Phi) is 4.19. The largest absolute Gasteiger partial charge is 0.489 e. The number of ether oxygens (including phenoxy) is 1. The smallest absolute Gasteiger partial charge is 0.407 e. The number of benzene rings is 1. The highest BCUT2D eigenvalue weighted by Gasteiger charge is 2.23. The van der Waals surface area contributed by atoms with E-state index in [0.717, 1.165) is 0 Å². The van der Waals surface area contributed by atoms with Gasteiger partial charge in [0.1, 0.15) is 11.9 Å². The summed E-state index contributed by atoms with van der Waals surface area (Å²) in [7, 11) is 0. The van der Waals surface area contributed by atoms with Gasteiger partial charge in [0.25, 0.3) is 0 Å². The van der Waals surface area contributed by atoms with Crippen molar-refractivity contribution in [3.05, 3.63) is 28.2 Å². The van der Waals surface area contributed by atoms with Crippen LogP contribution in [-0.4, -0.2) is 35.3 Å². The van der Waals surface area contributed by atoms with E-state index < -0.39 is 6.09 Å². The van der Waals surface area contributed by atoms with Crippen LogP contribution in [0.3, 0.4) is 0 Å². The summed E-state index contributed by atoms with van der Waals surface area (Å²) < 4.78 is 5.76. The van der Waals surface area contributed by atoms with Gasteiger partial charge in [-0.15, -0.1) is 0 Å². The number of carboxylic acid groups (broad SMARTS) is 1. The molecule has 1 aromatic carbocycles. The van der Waals surface area contributed by atoms with Gasteiger partial charge in [0.05, 0.1) is 5.02 Å². The SMILES string of the molecule is O=C(O)N1CCC(Oc2ccc(Cl)cc2Cl)CC1. The van der Waals surface area contributed by atoms with Crippen molar-refractivity contribution in [3.63, 3.8) is 0 Å². The Morgan fingerprint density at radius 3 is 2.56 bits per heavy atom. The number of hydrogen-bond donors (Lipinski definition) is 1. The molecule has 4 nitrogen and oxygen atoms in total. The summed E-state index contributed by atoms with van der Waals surface area (Å²) in [4.78, 5) is 12.2. The van der Waals surface area contributed by atoms with Crippen molar-refractivity contribution >= 4 is 29.3 Å². The minimum absolute atomic E-state index is 0.000671. The van der Waals surface area contributed by atoms with Crippen LogP contribution in [0.15, 0.2) is 18.2 Å². The van der Waals surface area contributed by atoms with E-state index in [4.69, 9.17) is 33.0 Å². The number of nitrogens with zero attached hydrogens (tertiary/aromatic N) is 1. The van der Waals surface area contributed by atoms with Crippen LogP contribution >= 0.6 is 23.2 Å². The molecule has 0 bridgehead atoms. The number of carbonyl (C=O) groups is 1.